The van der Waals surface area contributed by atoms with Gasteiger partial charge in [0.2, 0.25) is 10.0 Å². The molecule has 0 spiro atoms. The summed E-state index contributed by atoms with van der Waals surface area (Å²) in [6.45, 7) is 2.35. The van der Waals surface area contributed by atoms with Gasteiger partial charge < -0.3 is 15.6 Å². The summed E-state index contributed by atoms with van der Waals surface area (Å²) in [5.74, 6) is 0.473. The average Bonchev–Trinajstić information content (AvgIpc) is 2.73. The van der Waals surface area contributed by atoms with Gasteiger partial charge in [-0.3, -0.25) is 0 Å². The topological polar surface area (TPSA) is 92.9 Å². The van der Waals surface area contributed by atoms with E-state index in [4.69, 9.17) is 10.5 Å². The minimum atomic E-state index is -3.78. The van der Waals surface area contributed by atoms with Gasteiger partial charge in [0, 0.05) is 25.2 Å². The van der Waals surface area contributed by atoms with Crippen LogP contribution in [0.25, 0.3) is 0 Å². The first kappa shape index (κ1) is 23.3. The van der Waals surface area contributed by atoms with E-state index in [-0.39, 0.29) is 11.4 Å². The third-order valence-corrected chi connectivity index (χ3v) is 6.75. The predicted molar refractivity (Wildman–Crippen MR) is 115 cm³/mol. The summed E-state index contributed by atoms with van der Waals surface area (Å²) in [5, 5.41) is 10.7. The van der Waals surface area contributed by atoms with Crippen LogP contribution in [0.2, 0.25) is 0 Å². The molecule has 0 saturated carbocycles. The van der Waals surface area contributed by atoms with Crippen molar-refractivity contribution in [2.45, 2.75) is 49.6 Å². The third-order valence-electron chi connectivity index (χ3n) is 4.89. The number of sulfonamides is 1. The molecule has 0 aliphatic rings. The Morgan fingerprint density at radius 2 is 1.83 bits per heavy atom. The zero-order valence-corrected chi connectivity index (χ0v) is 18.0. The quantitative estimate of drug-likeness (QED) is 0.515. The van der Waals surface area contributed by atoms with Crippen molar-refractivity contribution in [2.75, 3.05) is 20.2 Å². The maximum atomic E-state index is 13.2. The van der Waals surface area contributed by atoms with Crippen molar-refractivity contribution in [1.29, 1.82) is 0 Å². The number of unbranched alkanes of at least 4 members (excludes halogenated alkanes) is 2. The molecule has 0 aromatic heterocycles. The van der Waals surface area contributed by atoms with Gasteiger partial charge in [-0.05, 0) is 30.5 Å². The van der Waals surface area contributed by atoms with Crippen molar-refractivity contribution < 1.29 is 18.3 Å². The summed E-state index contributed by atoms with van der Waals surface area (Å²) in [5.41, 5.74) is 7.20. The van der Waals surface area contributed by atoms with E-state index in [1.807, 2.05) is 30.3 Å². The van der Waals surface area contributed by atoms with E-state index in [0.29, 0.717) is 18.7 Å². The molecule has 3 N–H and O–H groups in total. The molecule has 2 atom stereocenters. The Bertz CT molecular complexity index is 843. The first-order valence-electron chi connectivity index (χ1n) is 10.00. The highest BCUT2D eigenvalue weighted by Gasteiger charge is 2.28. The zero-order valence-electron chi connectivity index (χ0n) is 17.2. The van der Waals surface area contributed by atoms with Crippen molar-refractivity contribution in [1.82, 2.24) is 4.31 Å². The van der Waals surface area contributed by atoms with Crippen molar-refractivity contribution in [3.8, 4) is 5.75 Å². The van der Waals surface area contributed by atoms with E-state index in [9.17, 15) is 13.5 Å². The van der Waals surface area contributed by atoms with Gasteiger partial charge in [-0.2, -0.15) is 4.31 Å². The van der Waals surface area contributed by atoms with Crippen molar-refractivity contribution in [3.63, 3.8) is 0 Å². The first-order chi connectivity index (χ1) is 13.9. The molecule has 0 radical (unpaired) electrons. The number of nitrogens with two attached hydrogens (primary N) is 1. The molecule has 160 valence electrons. The monoisotopic (exact) mass is 420 g/mol. The molecule has 7 heteroatoms. The highest BCUT2D eigenvalue weighted by molar-refractivity contribution is 7.89. The Morgan fingerprint density at radius 1 is 1.10 bits per heavy atom. The summed E-state index contributed by atoms with van der Waals surface area (Å²) in [6.07, 6.45) is 2.11. The molecule has 0 amide bonds. The molecule has 2 rings (SSSR count). The van der Waals surface area contributed by atoms with Gasteiger partial charge in [0.15, 0.2) is 0 Å². The number of methoxy groups -OCH3 is 1. The fourth-order valence-corrected chi connectivity index (χ4v) is 4.66. The lowest BCUT2D eigenvalue weighted by atomic mass is 10.0. The van der Waals surface area contributed by atoms with E-state index in [1.54, 1.807) is 18.2 Å². The number of aliphatic hydroxyl groups excluding tert-OH is 1. The second kappa shape index (κ2) is 11.3. The second-order valence-corrected chi connectivity index (χ2v) is 9.11. The number of benzene rings is 2. The van der Waals surface area contributed by atoms with Crippen LogP contribution in [-0.4, -0.2) is 50.2 Å². The van der Waals surface area contributed by atoms with Gasteiger partial charge in [0.25, 0.3) is 0 Å². The molecular weight excluding hydrogens is 388 g/mol. The summed E-state index contributed by atoms with van der Waals surface area (Å²) in [4.78, 5) is 0.150. The summed E-state index contributed by atoms with van der Waals surface area (Å²) in [7, 11) is -2.28. The van der Waals surface area contributed by atoms with Gasteiger partial charge in [0.05, 0.1) is 18.1 Å². The number of nitrogens with zero attached hydrogens (tertiary/aromatic N) is 1. The molecule has 0 heterocycles. The van der Waals surface area contributed by atoms with Crippen LogP contribution >= 0.6 is 0 Å². The van der Waals surface area contributed by atoms with Gasteiger partial charge >= 0.3 is 0 Å². The number of aliphatic hydroxyl groups is 1. The molecule has 2 aromatic carbocycles. The van der Waals surface area contributed by atoms with Crippen LogP contribution in [0, 0.1) is 0 Å². The zero-order chi connectivity index (χ0) is 21.3. The van der Waals surface area contributed by atoms with E-state index in [2.05, 4.69) is 6.92 Å². The highest BCUT2D eigenvalue weighted by atomic mass is 32.2. The van der Waals surface area contributed by atoms with E-state index in [1.165, 1.54) is 17.5 Å². The van der Waals surface area contributed by atoms with Crippen molar-refractivity contribution >= 4 is 10.0 Å². The minimum Gasteiger partial charge on any atom is -0.497 e. The molecule has 6 nitrogen and oxygen atoms in total. The molecule has 0 unspecified atom stereocenters. The van der Waals surface area contributed by atoms with Crippen LogP contribution in [0.1, 0.15) is 31.7 Å². The van der Waals surface area contributed by atoms with Gasteiger partial charge in [0.1, 0.15) is 5.75 Å². The molecule has 29 heavy (non-hydrogen) atoms. The smallest absolute Gasteiger partial charge is 0.243 e. The van der Waals surface area contributed by atoms with Crippen LogP contribution in [0.3, 0.4) is 0 Å². The number of ether oxygens (including phenoxy) is 1. The Balaban J connectivity index is 2.17. The lowest BCUT2D eigenvalue weighted by Crippen LogP contribution is -2.46. The molecule has 0 aliphatic heterocycles. The Labute approximate surface area is 174 Å². The van der Waals surface area contributed by atoms with Crippen LogP contribution in [0.5, 0.6) is 5.75 Å². The maximum absolute atomic E-state index is 13.2. The summed E-state index contributed by atoms with van der Waals surface area (Å²) >= 11 is 0. The van der Waals surface area contributed by atoms with Crippen molar-refractivity contribution in [3.05, 3.63) is 60.2 Å². The van der Waals surface area contributed by atoms with Gasteiger partial charge in [-0.15, -0.1) is 0 Å². The molecule has 2 aromatic rings. The number of rotatable bonds is 12. The standard InChI is InChI=1S/C22H32N2O4S/c1-3-4-8-14-24(29(26,27)20-13-9-12-19(16-20)28-2)17-22(25)21(23)15-18-10-6-5-7-11-18/h5-7,9-13,16,21-22,25H,3-4,8,14-15,17,23H2,1-2H3/t21-,22+/m0/s1. The minimum absolute atomic E-state index is 0.0444. The van der Waals surface area contributed by atoms with Crippen molar-refractivity contribution in [2.24, 2.45) is 5.73 Å². The van der Waals surface area contributed by atoms with Crippen LogP contribution in [0.15, 0.2) is 59.5 Å². The number of hydrogen-bond donors (Lipinski definition) is 2. The SMILES string of the molecule is CCCCCN(C[C@@H](O)[C@@H](N)Cc1ccccc1)S(=O)(=O)c1cccc(OC)c1. The van der Waals surface area contributed by atoms with E-state index in [0.717, 1.165) is 24.8 Å². The van der Waals surface area contributed by atoms with Gasteiger partial charge in [-0.1, -0.05) is 56.2 Å². The fraction of sp³-hybridized carbons (Fsp3) is 0.455. The van der Waals surface area contributed by atoms with Crippen LogP contribution in [0.4, 0.5) is 0 Å². The molecule has 0 fully saturated rings. The normalized spacial score (nSPS) is 14.0. The maximum Gasteiger partial charge on any atom is 0.243 e. The second-order valence-electron chi connectivity index (χ2n) is 7.17. The van der Waals surface area contributed by atoms with Crippen LogP contribution < -0.4 is 10.5 Å². The highest BCUT2D eigenvalue weighted by Crippen LogP contribution is 2.22. The Hall–Kier alpha value is -1.93. The molecule has 0 aliphatic carbocycles. The van der Waals surface area contributed by atoms with Gasteiger partial charge in [-0.25, -0.2) is 8.42 Å². The summed E-state index contributed by atoms with van der Waals surface area (Å²) in [6, 6.07) is 15.5. The Morgan fingerprint density at radius 3 is 2.48 bits per heavy atom. The molecular formula is C22H32N2O4S. The van der Waals surface area contributed by atoms with E-state index >= 15 is 0 Å². The lowest BCUT2D eigenvalue weighted by molar-refractivity contribution is 0.118. The first-order valence-corrected chi connectivity index (χ1v) is 11.4. The lowest BCUT2D eigenvalue weighted by Gasteiger charge is -2.27. The molecule has 0 bridgehead atoms. The molecule has 0 saturated heterocycles. The van der Waals surface area contributed by atoms with E-state index < -0.39 is 22.2 Å². The largest absolute Gasteiger partial charge is 0.497 e. The third kappa shape index (κ3) is 6.82. The average molecular weight is 421 g/mol. The Kier molecular flexibility index (Phi) is 9.10. The predicted octanol–water partition coefficient (Wildman–Crippen LogP) is 2.81. The van der Waals surface area contributed by atoms with Crippen LogP contribution in [-0.2, 0) is 16.4 Å². The number of hydrogen-bond acceptors (Lipinski definition) is 5. The fourth-order valence-electron chi connectivity index (χ4n) is 3.12. The summed E-state index contributed by atoms with van der Waals surface area (Å²) < 4.78 is 33.0.